The maximum Gasteiger partial charge on any atom is 0.167 e. The number of carbonyl (C=O) groups is 1. The molecule has 0 spiro atoms. The Morgan fingerprint density at radius 1 is 1.11 bits per heavy atom. The largest absolute Gasteiger partial charge is 0.294 e. The van der Waals surface area contributed by atoms with Crippen molar-refractivity contribution in [3.8, 4) is 0 Å². The third-order valence-electron chi connectivity index (χ3n) is 2.61. The van der Waals surface area contributed by atoms with Crippen molar-refractivity contribution in [3.05, 3.63) is 68.7 Å². The minimum Gasteiger partial charge on any atom is -0.294 e. The second kappa shape index (κ2) is 5.80. The maximum atomic E-state index is 13.6. The highest BCUT2D eigenvalue weighted by Gasteiger charge is 2.12. The van der Waals surface area contributed by atoms with Gasteiger partial charge in [0.05, 0.1) is 4.47 Å². The van der Waals surface area contributed by atoms with E-state index in [1.807, 2.05) is 0 Å². The quantitative estimate of drug-likeness (QED) is 0.730. The highest BCUT2D eigenvalue weighted by molar-refractivity contribution is 9.10. The molecule has 19 heavy (non-hydrogen) atoms. The fraction of sp³-hybridized carbons (Fsp3) is 0.0714. The fourth-order valence-electron chi connectivity index (χ4n) is 1.61. The lowest BCUT2D eigenvalue weighted by Crippen LogP contribution is -2.05. The lowest BCUT2D eigenvalue weighted by molar-refractivity contribution is 0.0991. The van der Waals surface area contributed by atoms with E-state index >= 15 is 0 Å². The molecule has 0 amide bonds. The Balaban J connectivity index is 2.23. The molecule has 0 saturated heterocycles. The summed E-state index contributed by atoms with van der Waals surface area (Å²) in [6.07, 6.45) is -0.0962. The van der Waals surface area contributed by atoms with E-state index < -0.39 is 11.6 Å². The highest BCUT2D eigenvalue weighted by Crippen LogP contribution is 2.20. The van der Waals surface area contributed by atoms with Crippen molar-refractivity contribution in [2.45, 2.75) is 6.42 Å². The van der Waals surface area contributed by atoms with E-state index in [2.05, 4.69) is 15.9 Å². The van der Waals surface area contributed by atoms with E-state index in [-0.39, 0.29) is 27.3 Å². The summed E-state index contributed by atoms with van der Waals surface area (Å²) in [4.78, 5) is 12.0. The molecule has 5 heteroatoms. The minimum absolute atomic E-state index is 0.0962. The zero-order chi connectivity index (χ0) is 14.0. The fourth-order valence-corrected chi connectivity index (χ4v) is 2.15. The number of ketones is 1. The molecule has 0 saturated carbocycles. The van der Waals surface area contributed by atoms with Crippen LogP contribution in [-0.4, -0.2) is 5.78 Å². The minimum atomic E-state index is -0.526. The van der Waals surface area contributed by atoms with Gasteiger partial charge in [0.15, 0.2) is 5.78 Å². The maximum absolute atomic E-state index is 13.6. The first-order chi connectivity index (χ1) is 8.97. The van der Waals surface area contributed by atoms with Crippen LogP contribution in [0, 0.1) is 11.6 Å². The van der Waals surface area contributed by atoms with Gasteiger partial charge in [-0.15, -0.1) is 0 Å². The van der Waals surface area contributed by atoms with Crippen LogP contribution in [0.4, 0.5) is 8.78 Å². The van der Waals surface area contributed by atoms with Gasteiger partial charge in [-0.1, -0.05) is 17.7 Å². The third kappa shape index (κ3) is 3.39. The SMILES string of the molecule is O=C(Cc1ccc(Cl)cc1F)c1ccc(F)c(Br)c1. The summed E-state index contributed by atoms with van der Waals surface area (Å²) in [6, 6.07) is 8.09. The Bertz CT molecular complexity index is 643. The molecule has 0 atom stereocenters. The molecule has 0 aliphatic heterocycles. The van der Waals surface area contributed by atoms with E-state index in [9.17, 15) is 13.6 Å². The number of Topliss-reactive ketones (excluding diaryl/α,β-unsaturated/α-hetero) is 1. The first-order valence-corrected chi connectivity index (χ1v) is 6.56. The standard InChI is InChI=1S/C14H8BrClF2O/c15-11-5-9(2-4-12(11)17)14(19)6-8-1-3-10(16)7-13(8)18/h1-5,7H,6H2. The Kier molecular flexibility index (Phi) is 4.32. The molecule has 2 rings (SSSR count). The zero-order valence-electron chi connectivity index (χ0n) is 9.59. The first kappa shape index (κ1) is 14.2. The zero-order valence-corrected chi connectivity index (χ0v) is 11.9. The average Bonchev–Trinajstić information content (AvgIpc) is 2.36. The summed E-state index contributed by atoms with van der Waals surface area (Å²) in [6.45, 7) is 0. The van der Waals surface area contributed by atoms with Gasteiger partial charge < -0.3 is 0 Å². The van der Waals surface area contributed by atoms with Crippen LogP contribution in [0.15, 0.2) is 40.9 Å². The van der Waals surface area contributed by atoms with Crippen molar-refractivity contribution in [3.63, 3.8) is 0 Å². The highest BCUT2D eigenvalue weighted by atomic mass is 79.9. The van der Waals surface area contributed by atoms with Crippen LogP contribution in [0.2, 0.25) is 5.02 Å². The van der Waals surface area contributed by atoms with Crippen molar-refractivity contribution in [1.82, 2.24) is 0 Å². The van der Waals surface area contributed by atoms with Crippen molar-refractivity contribution >= 4 is 33.3 Å². The van der Waals surface area contributed by atoms with Crippen LogP contribution in [0.1, 0.15) is 15.9 Å². The van der Waals surface area contributed by atoms with Gasteiger partial charge in [0, 0.05) is 17.0 Å². The van der Waals surface area contributed by atoms with Gasteiger partial charge >= 0.3 is 0 Å². The molecule has 0 aliphatic carbocycles. The summed E-state index contributed by atoms with van der Waals surface area (Å²) in [7, 11) is 0. The summed E-state index contributed by atoms with van der Waals surface area (Å²) < 4.78 is 26.8. The van der Waals surface area contributed by atoms with E-state index in [1.54, 1.807) is 0 Å². The molecule has 0 N–H and O–H groups in total. The molecule has 98 valence electrons. The molecule has 0 bridgehead atoms. The van der Waals surface area contributed by atoms with Crippen LogP contribution in [0.5, 0.6) is 0 Å². The smallest absolute Gasteiger partial charge is 0.167 e. The van der Waals surface area contributed by atoms with Gasteiger partial charge in [0.25, 0.3) is 0 Å². The topological polar surface area (TPSA) is 17.1 Å². The lowest BCUT2D eigenvalue weighted by Gasteiger charge is -2.04. The summed E-state index contributed by atoms with van der Waals surface area (Å²) in [5, 5.41) is 0.276. The first-order valence-electron chi connectivity index (χ1n) is 5.39. The molecule has 0 aromatic heterocycles. The van der Waals surface area contributed by atoms with E-state index in [0.717, 1.165) is 6.07 Å². The van der Waals surface area contributed by atoms with Crippen molar-refractivity contribution in [2.75, 3.05) is 0 Å². The van der Waals surface area contributed by atoms with Crippen LogP contribution in [0.3, 0.4) is 0 Å². The predicted molar refractivity (Wildman–Crippen MR) is 73.5 cm³/mol. The van der Waals surface area contributed by atoms with Crippen molar-refractivity contribution < 1.29 is 13.6 Å². The van der Waals surface area contributed by atoms with Crippen LogP contribution in [-0.2, 0) is 6.42 Å². The second-order valence-corrected chi connectivity index (χ2v) is 5.26. The predicted octanol–water partition coefficient (Wildman–Crippen LogP) is 4.81. The summed E-state index contributed by atoms with van der Waals surface area (Å²) in [5.74, 6) is -1.27. The summed E-state index contributed by atoms with van der Waals surface area (Å²) in [5.41, 5.74) is 0.581. The normalized spacial score (nSPS) is 10.5. The molecule has 1 nitrogen and oxygen atoms in total. The van der Waals surface area contributed by atoms with Crippen LogP contribution >= 0.6 is 27.5 Å². The molecule has 0 unspecified atom stereocenters. The molecule has 0 heterocycles. The van der Waals surface area contributed by atoms with E-state index in [0.29, 0.717) is 5.56 Å². The monoisotopic (exact) mass is 344 g/mol. The Morgan fingerprint density at radius 3 is 2.47 bits per heavy atom. The number of halogens is 4. The van der Waals surface area contributed by atoms with Gasteiger partial charge in [-0.05, 0) is 51.8 Å². The van der Waals surface area contributed by atoms with Gasteiger partial charge in [-0.3, -0.25) is 4.79 Å². The van der Waals surface area contributed by atoms with Gasteiger partial charge in [-0.25, -0.2) is 8.78 Å². The average molecular weight is 346 g/mol. The number of rotatable bonds is 3. The van der Waals surface area contributed by atoms with Crippen molar-refractivity contribution in [1.29, 1.82) is 0 Å². The summed E-state index contributed by atoms with van der Waals surface area (Å²) >= 11 is 8.64. The number of carbonyl (C=O) groups excluding carboxylic acids is 1. The van der Waals surface area contributed by atoms with E-state index in [1.165, 1.54) is 30.3 Å². The van der Waals surface area contributed by atoms with Crippen molar-refractivity contribution in [2.24, 2.45) is 0 Å². The van der Waals surface area contributed by atoms with E-state index in [4.69, 9.17) is 11.6 Å². The molecule has 0 aliphatic rings. The Morgan fingerprint density at radius 2 is 1.84 bits per heavy atom. The Hall–Kier alpha value is -1.26. The van der Waals surface area contributed by atoms with Crippen LogP contribution < -0.4 is 0 Å². The second-order valence-electron chi connectivity index (χ2n) is 3.96. The molecular formula is C14H8BrClF2O. The molecule has 0 radical (unpaired) electrons. The third-order valence-corrected chi connectivity index (χ3v) is 3.45. The number of benzene rings is 2. The van der Waals surface area contributed by atoms with Gasteiger partial charge in [0.1, 0.15) is 11.6 Å². The molecule has 0 fully saturated rings. The number of hydrogen-bond acceptors (Lipinski definition) is 1. The van der Waals surface area contributed by atoms with Crippen LogP contribution in [0.25, 0.3) is 0 Å². The van der Waals surface area contributed by atoms with Gasteiger partial charge in [0.2, 0.25) is 0 Å². The van der Waals surface area contributed by atoms with Gasteiger partial charge in [-0.2, -0.15) is 0 Å². The number of hydrogen-bond donors (Lipinski definition) is 0. The molecule has 2 aromatic rings. The molecular weight excluding hydrogens is 338 g/mol. The Labute approximate surface area is 122 Å². The molecule has 2 aromatic carbocycles. The lowest BCUT2D eigenvalue weighted by atomic mass is 10.0.